The molecular formula is C14H15FN2O. The highest BCUT2D eigenvalue weighted by molar-refractivity contribution is 5.31. The maximum atomic E-state index is 13.5. The van der Waals surface area contributed by atoms with Gasteiger partial charge >= 0.3 is 0 Å². The molecule has 0 saturated carbocycles. The lowest BCUT2D eigenvalue weighted by Gasteiger charge is -2.15. The zero-order valence-electron chi connectivity index (χ0n) is 10.1. The standard InChI is InChI=1S/C14H15FN2O/c1-18-14-11(6-4-8-17-14)13(16)9-10-5-2-3-7-12(10)15/h2-8,13H,9,16H2,1H3. The van der Waals surface area contributed by atoms with Gasteiger partial charge in [-0.2, -0.15) is 0 Å². The van der Waals surface area contributed by atoms with Crippen LogP contribution >= 0.6 is 0 Å². The molecule has 0 aliphatic carbocycles. The van der Waals surface area contributed by atoms with E-state index in [0.717, 1.165) is 5.56 Å². The van der Waals surface area contributed by atoms with Crippen molar-refractivity contribution >= 4 is 0 Å². The number of aromatic nitrogens is 1. The Kier molecular flexibility index (Phi) is 3.89. The van der Waals surface area contributed by atoms with Crippen LogP contribution in [0.15, 0.2) is 42.6 Å². The van der Waals surface area contributed by atoms with E-state index in [-0.39, 0.29) is 11.9 Å². The van der Waals surface area contributed by atoms with Gasteiger partial charge in [0.1, 0.15) is 5.82 Å². The number of nitrogens with zero attached hydrogens (tertiary/aromatic N) is 1. The van der Waals surface area contributed by atoms with Gasteiger partial charge in [-0.3, -0.25) is 0 Å². The largest absolute Gasteiger partial charge is 0.481 e. The molecule has 94 valence electrons. The van der Waals surface area contributed by atoms with Gasteiger partial charge in [-0.1, -0.05) is 24.3 Å². The van der Waals surface area contributed by atoms with E-state index >= 15 is 0 Å². The number of halogens is 1. The molecule has 0 aliphatic rings. The molecule has 0 amide bonds. The number of ether oxygens (including phenoxy) is 1. The molecule has 18 heavy (non-hydrogen) atoms. The van der Waals surface area contributed by atoms with Crippen molar-refractivity contribution in [1.82, 2.24) is 4.98 Å². The Morgan fingerprint density at radius 3 is 2.78 bits per heavy atom. The van der Waals surface area contributed by atoms with Crippen molar-refractivity contribution < 1.29 is 9.13 Å². The van der Waals surface area contributed by atoms with Gasteiger partial charge < -0.3 is 10.5 Å². The van der Waals surface area contributed by atoms with Crippen molar-refractivity contribution in [2.75, 3.05) is 7.11 Å². The van der Waals surface area contributed by atoms with Gasteiger partial charge in [0.25, 0.3) is 0 Å². The fourth-order valence-corrected chi connectivity index (χ4v) is 1.87. The molecule has 0 saturated heterocycles. The quantitative estimate of drug-likeness (QED) is 0.901. The first-order valence-electron chi connectivity index (χ1n) is 5.70. The number of hydrogen-bond acceptors (Lipinski definition) is 3. The summed E-state index contributed by atoms with van der Waals surface area (Å²) in [7, 11) is 1.54. The third-order valence-corrected chi connectivity index (χ3v) is 2.79. The van der Waals surface area contributed by atoms with Gasteiger partial charge in [0, 0.05) is 17.8 Å². The molecule has 0 bridgehead atoms. The van der Waals surface area contributed by atoms with Gasteiger partial charge in [-0.25, -0.2) is 9.37 Å². The fraction of sp³-hybridized carbons (Fsp3) is 0.214. The summed E-state index contributed by atoms with van der Waals surface area (Å²) in [5.74, 6) is 0.247. The molecule has 1 heterocycles. The summed E-state index contributed by atoms with van der Waals surface area (Å²) < 4.78 is 18.7. The van der Waals surface area contributed by atoms with E-state index in [4.69, 9.17) is 10.5 Å². The van der Waals surface area contributed by atoms with Crippen molar-refractivity contribution in [2.24, 2.45) is 5.73 Å². The number of benzene rings is 1. The van der Waals surface area contributed by atoms with Crippen LogP contribution in [0, 0.1) is 5.82 Å². The highest BCUT2D eigenvalue weighted by atomic mass is 19.1. The summed E-state index contributed by atoms with van der Waals surface area (Å²) >= 11 is 0. The fourth-order valence-electron chi connectivity index (χ4n) is 1.87. The summed E-state index contributed by atoms with van der Waals surface area (Å²) in [6.45, 7) is 0. The molecule has 0 radical (unpaired) electrons. The smallest absolute Gasteiger partial charge is 0.217 e. The minimum absolute atomic E-state index is 0.240. The Balaban J connectivity index is 2.22. The Bertz CT molecular complexity index is 531. The van der Waals surface area contributed by atoms with Gasteiger partial charge in [0.05, 0.1) is 7.11 Å². The van der Waals surface area contributed by atoms with Crippen molar-refractivity contribution in [3.63, 3.8) is 0 Å². The van der Waals surface area contributed by atoms with Crippen molar-refractivity contribution in [1.29, 1.82) is 0 Å². The Hall–Kier alpha value is -1.94. The maximum absolute atomic E-state index is 13.5. The van der Waals surface area contributed by atoms with Gasteiger partial charge in [0.2, 0.25) is 5.88 Å². The summed E-state index contributed by atoms with van der Waals surface area (Å²) in [5, 5.41) is 0. The summed E-state index contributed by atoms with van der Waals surface area (Å²) in [6, 6.07) is 9.92. The minimum Gasteiger partial charge on any atom is -0.481 e. The number of nitrogens with two attached hydrogens (primary N) is 1. The van der Waals surface area contributed by atoms with Crippen LogP contribution < -0.4 is 10.5 Å². The number of rotatable bonds is 4. The SMILES string of the molecule is COc1ncccc1C(N)Cc1ccccc1F. The second kappa shape index (κ2) is 5.60. The molecule has 0 spiro atoms. The lowest BCUT2D eigenvalue weighted by atomic mass is 10.0. The second-order valence-corrected chi connectivity index (χ2v) is 4.00. The number of pyridine rings is 1. The average Bonchev–Trinajstić information content (AvgIpc) is 2.41. The van der Waals surface area contributed by atoms with E-state index in [1.54, 1.807) is 37.6 Å². The van der Waals surface area contributed by atoms with Crippen molar-refractivity contribution in [3.8, 4) is 5.88 Å². The second-order valence-electron chi connectivity index (χ2n) is 4.00. The Morgan fingerprint density at radius 1 is 1.28 bits per heavy atom. The number of hydrogen-bond donors (Lipinski definition) is 1. The molecule has 0 fully saturated rings. The van der Waals surface area contributed by atoms with Crippen LogP contribution in [-0.2, 0) is 6.42 Å². The van der Waals surface area contributed by atoms with E-state index in [1.807, 2.05) is 6.07 Å². The normalized spacial score (nSPS) is 12.2. The van der Waals surface area contributed by atoms with E-state index < -0.39 is 0 Å². The molecular weight excluding hydrogens is 231 g/mol. The van der Waals surface area contributed by atoms with E-state index in [1.165, 1.54) is 6.07 Å². The molecule has 1 aromatic heterocycles. The zero-order chi connectivity index (χ0) is 13.0. The topological polar surface area (TPSA) is 48.1 Å². The molecule has 2 rings (SSSR count). The van der Waals surface area contributed by atoms with Gasteiger partial charge in [-0.05, 0) is 24.1 Å². The van der Waals surface area contributed by atoms with E-state index in [9.17, 15) is 4.39 Å². The molecule has 4 heteroatoms. The lowest BCUT2D eigenvalue weighted by Crippen LogP contribution is -2.15. The Labute approximate surface area is 105 Å². The van der Waals surface area contributed by atoms with E-state index in [2.05, 4.69) is 4.98 Å². The highest BCUT2D eigenvalue weighted by Crippen LogP contribution is 2.24. The van der Waals surface area contributed by atoms with E-state index in [0.29, 0.717) is 17.9 Å². The van der Waals surface area contributed by atoms with Crippen LogP contribution in [0.25, 0.3) is 0 Å². The maximum Gasteiger partial charge on any atom is 0.217 e. The van der Waals surface area contributed by atoms with Gasteiger partial charge in [0.15, 0.2) is 0 Å². The third kappa shape index (κ3) is 2.65. The average molecular weight is 246 g/mol. The first-order valence-corrected chi connectivity index (χ1v) is 5.70. The zero-order valence-corrected chi connectivity index (χ0v) is 10.1. The summed E-state index contributed by atoms with van der Waals surface area (Å²) in [5.41, 5.74) is 7.46. The van der Waals surface area contributed by atoms with Crippen LogP contribution in [0.4, 0.5) is 4.39 Å². The van der Waals surface area contributed by atoms with Gasteiger partial charge in [-0.15, -0.1) is 0 Å². The monoisotopic (exact) mass is 246 g/mol. The molecule has 2 aromatic rings. The van der Waals surface area contributed by atoms with Crippen molar-refractivity contribution in [3.05, 3.63) is 59.5 Å². The summed E-state index contributed by atoms with van der Waals surface area (Å²) in [6.07, 6.45) is 2.05. The lowest BCUT2D eigenvalue weighted by molar-refractivity contribution is 0.388. The van der Waals surface area contributed by atoms with Crippen LogP contribution in [0.3, 0.4) is 0 Å². The molecule has 1 aromatic carbocycles. The molecule has 0 aliphatic heterocycles. The first kappa shape index (κ1) is 12.5. The molecule has 3 nitrogen and oxygen atoms in total. The number of methoxy groups -OCH3 is 1. The van der Waals surface area contributed by atoms with Crippen LogP contribution in [-0.4, -0.2) is 12.1 Å². The van der Waals surface area contributed by atoms with Crippen LogP contribution in [0.5, 0.6) is 5.88 Å². The van der Waals surface area contributed by atoms with Crippen LogP contribution in [0.2, 0.25) is 0 Å². The third-order valence-electron chi connectivity index (χ3n) is 2.79. The predicted molar refractivity (Wildman–Crippen MR) is 67.8 cm³/mol. The molecule has 2 N–H and O–H groups in total. The first-order chi connectivity index (χ1) is 8.72. The van der Waals surface area contributed by atoms with Crippen LogP contribution in [0.1, 0.15) is 17.2 Å². The summed E-state index contributed by atoms with van der Waals surface area (Å²) in [4.78, 5) is 4.09. The predicted octanol–water partition coefficient (Wildman–Crippen LogP) is 2.47. The van der Waals surface area contributed by atoms with Crippen molar-refractivity contribution in [2.45, 2.75) is 12.5 Å². The molecule has 1 atom stereocenters. The molecule has 1 unspecified atom stereocenters. The minimum atomic E-state index is -0.342. The highest BCUT2D eigenvalue weighted by Gasteiger charge is 2.14. The Morgan fingerprint density at radius 2 is 2.06 bits per heavy atom.